The summed E-state index contributed by atoms with van der Waals surface area (Å²) in [6.45, 7) is 3.71. The largest absolute Gasteiger partial charge is 0.451 e. The summed E-state index contributed by atoms with van der Waals surface area (Å²) >= 11 is 1.49. The van der Waals surface area contributed by atoms with Gasteiger partial charge in [0.25, 0.3) is 5.69 Å². The van der Waals surface area contributed by atoms with Gasteiger partial charge < -0.3 is 9.57 Å². The molecule has 0 fully saturated rings. The maximum absolute atomic E-state index is 12.7. The molecular weight excluding hydrogens is 394 g/mol. The molecule has 0 N–H and O–H groups in total. The molecule has 0 spiro atoms. The van der Waals surface area contributed by atoms with Crippen LogP contribution in [0.2, 0.25) is 0 Å². The molecule has 3 heterocycles. The third-order valence-corrected chi connectivity index (χ3v) is 6.46. The first-order chi connectivity index (χ1) is 13.9. The van der Waals surface area contributed by atoms with E-state index >= 15 is 0 Å². The summed E-state index contributed by atoms with van der Waals surface area (Å²) in [5, 5.41) is 15.2. The molecule has 0 aliphatic carbocycles. The molecule has 0 aromatic heterocycles. The van der Waals surface area contributed by atoms with Crippen LogP contribution in [-0.2, 0) is 14.4 Å². The van der Waals surface area contributed by atoms with Crippen molar-refractivity contribution in [2.45, 2.75) is 30.6 Å². The predicted molar refractivity (Wildman–Crippen MR) is 106 cm³/mol. The van der Waals surface area contributed by atoms with Gasteiger partial charge in [-0.1, -0.05) is 29.1 Å². The molecule has 0 amide bonds. The van der Waals surface area contributed by atoms with Crippen LogP contribution in [0.1, 0.15) is 19.4 Å². The molecular formula is C20H15N3O5S. The molecule has 3 aliphatic rings. The van der Waals surface area contributed by atoms with Gasteiger partial charge in [-0.3, -0.25) is 15.0 Å². The number of thioether (sulfide) groups is 1. The number of para-hydroxylation sites is 1. The van der Waals surface area contributed by atoms with Gasteiger partial charge >= 0.3 is 5.97 Å². The van der Waals surface area contributed by atoms with E-state index in [1.54, 1.807) is 12.1 Å². The van der Waals surface area contributed by atoms with Crippen LogP contribution in [0.25, 0.3) is 0 Å². The molecule has 1 unspecified atom stereocenters. The number of rotatable bonds is 2. The Hall–Kier alpha value is -3.33. The van der Waals surface area contributed by atoms with Gasteiger partial charge in [0, 0.05) is 27.5 Å². The molecule has 29 heavy (non-hydrogen) atoms. The van der Waals surface area contributed by atoms with Crippen molar-refractivity contribution in [2.24, 2.45) is 5.16 Å². The van der Waals surface area contributed by atoms with E-state index in [4.69, 9.17) is 9.57 Å². The summed E-state index contributed by atoms with van der Waals surface area (Å²) < 4.78 is 5.59. The Morgan fingerprint density at radius 2 is 1.90 bits per heavy atom. The third-order valence-electron chi connectivity index (χ3n) is 4.98. The van der Waals surface area contributed by atoms with Gasteiger partial charge in [0.15, 0.2) is 5.84 Å². The molecule has 2 aromatic rings. The molecule has 2 aromatic carbocycles. The zero-order chi connectivity index (χ0) is 20.3. The van der Waals surface area contributed by atoms with Crippen molar-refractivity contribution >= 4 is 34.9 Å². The fourth-order valence-electron chi connectivity index (χ4n) is 3.64. The number of carbonyl (C=O) groups excluding carboxylic acids is 1. The Kier molecular flexibility index (Phi) is 3.72. The number of nitro benzene ring substituents is 1. The number of cyclic esters (lactones) is 1. The minimum Gasteiger partial charge on any atom is -0.451 e. The van der Waals surface area contributed by atoms with Crippen molar-refractivity contribution in [3.8, 4) is 0 Å². The van der Waals surface area contributed by atoms with E-state index in [9.17, 15) is 14.9 Å². The number of hydrogen-bond acceptors (Lipinski definition) is 8. The lowest BCUT2D eigenvalue weighted by molar-refractivity contribution is -0.384. The van der Waals surface area contributed by atoms with Gasteiger partial charge in [-0.15, -0.1) is 0 Å². The van der Waals surface area contributed by atoms with Crippen LogP contribution < -0.4 is 4.90 Å². The quantitative estimate of drug-likeness (QED) is 0.423. The number of non-ortho nitro benzene ring substituents is 1. The number of hydrogen-bond donors (Lipinski definition) is 0. The van der Waals surface area contributed by atoms with Gasteiger partial charge in [-0.2, -0.15) is 0 Å². The van der Waals surface area contributed by atoms with E-state index in [2.05, 4.69) is 5.16 Å². The number of esters is 1. The molecule has 5 rings (SSSR count). The minimum atomic E-state index is -0.764. The smallest absolute Gasteiger partial charge is 0.341 e. The standard InChI is InChI=1S/C20H15N3O5S/c1-20(2)16-15(19(24)27-20)18-22(13-5-3-4-6-14(13)29-16)17(21-28-18)11-7-9-12(10-8-11)23(25)26/h3-10,18H,1-2H3. The van der Waals surface area contributed by atoms with E-state index in [0.717, 1.165) is 15.5 Å². The zero-order valence-corrected chi connectivity index (χ0v) is 16.3. The molecule has 0 bridgehead atoms. The van der Waals surface area contributed by atoms with Crippen LogP contribution in [0, 0.1) is 10.1 Å². The SMILES string of the molecule is CC1(C)OC(=O)C2=C1Sc1ccccc1N1C(c3ccc([N+](=O)[O-])cc3)=NOC21. The van der Waals surface area contributed by atoms with E-state index in [-0.39, 0.29) is 5.69 Å². The Labute approximate surface area is 169 Å². The number of benzene rings is 2. The van der Waals surface area contributed by atoms with Gasteiger partial charge in [0.1, 0.15) is 11.2 Å². The van der Waals surface area contributed by atoms with Crippen molar-refractivity contribution in [2.75, 3.05) is 4.90 Å². The van der Waals surface area contributed by atoms with E-state index in [0.29, 0.717) is 17.0 Å². The van der Waals surface area contributed by atoms with Gasteiger partial charge in [0.2, 0.25) is 6.23 Å². The molecule has 1 atom stereocenters. The first-order valence-corrected chi connectivity index (χ1v) is 9.71. The Morgan fingerprint density at radius 1 is 1.17 bits per heavy atom. The van der Waals surface area contributed by atoms with Crippen LogP contribution >= 0.6 is 11.8 Å². The highest BCUT2D eigenvalue weighted by molar-refractivity contribution is 8.03. The molecule has 0 radical (unpaired) electrons. The lowest BCUT2D eigenvalue weighted by Crippen LogP contribution is -2.39. The first kappa shape index (κ1) is 17.7. The number of amidine groups is 1. The number of fused-ring (bicyclic) bond motifs is 4. The van der Waals surface area contributed by atoms with Crippen molar-refractivity contribution in [3.05, 3.63) is 74.7 Å². The molecule has 146 valence electrons. The van der Waals surface area contributed by atoms with Crippen LogP contribution in [0.15, 0.2) is 69.1 Å². The fraction of sp³-hybridized carbons (Fsp3) is 0.200. The van der Waals surface area contributed by atoms with Crippen molar-refractivity contribution in [3.63, 3.8) is 0 Å². The summed E-state index contributed by atoms with van der Waals surface area (Å²) in [5.41, 5.74) is 1.14. The fourth-order valence-corrected chi connectivity index (χ4v) is 4.86. The van der Waals surface area contributed by atoms with Crippen LogP contribution in [0.5, 0.6) is 0 Å². The Bertz CT molecular complexity index is 1120. The highest BCUT2D eigenvalue weighted by atomic mass is 32.2. The summed E-state index contributed by atoms with van der Waals surface area (Å²) in [7, 11) is 0. The van der Waals surface area contributed by atoms with Crippen LogP contribution in [-0.4, -0.2) is 28.6 Å². The summed E-state index contributed by atoms with van der Waals surface area (Å²) in [6, 6.07) is 13.8. The monoisotopic (exact) mass is 409 g/mol. The van der Waals surface area contributed by atoms with E-state index in [1.165, 1.54) is 23.9 Å². The highest BCUT2D eigenvalue weighted by Gasteiger charge is 2.51. The molecule has 8 nitrogen and oxygen atoms in total. The molecule has 0 saturated heterocycles. The second kappa shape index (κ2) is 6.08. The highest BCUT2D eigenvalue weighted by Crippen LogP contribution is 2.51. The van der Waals surface area contributed by atoms with Gasteiger partial charge in [-0.25, -0.2) is 4.79 Å². The number of carbonyl (C=O) groups is 1. The number of oxime groups is 1. The van der Waals surface area contributed by atoms with Crippen molar-refractivity contribution < 1.29 is 19.3 Å². The van der Waals surface area contributed by atoms with Crippen molar-refractivity contribution in [1.29, 1.82) is 0 Å². The predicted octanol–water partition coefficient (Wildman–Crippen LogP) is 3.81. The second-order valence-electron chi connectivity index (χ2n) is 7.26. The molecule has 0 saturated carbocycles. The Balaban J connectivity index is 1.66. The normalized spacial score (nSPS) is 21.4. The number of nitrogens with zero attached hydrogens (tertiary/aromatic N) is 3. The van der Waals surface area contributed by atoms with Gasteiger partial charge in [0.05, 0.1) is 10.6 Å². The maximum Gasteiger partial charge on any atom is 0.341 e. The molecule has 9 heteroatoms. The molecule has 3 aliphatic heterocycles. The minimum absolute atomic E-state index is 0.0113. The summed E-state index contributed by atoms with van der Waals surface area (Å²) in [4.78, 5) is 32.5. The second-order valence-corrected chi connectivity index (χ2v) is 8.31. The van der Waals surface area contributed by atoms with Crippen molar-refractivity contribution in [1.82, 2.24) is 0 Å². The van der Waals surface area contributed by atoms with E-state index < -0.39 is 22.7 Å². The lowest BCUT2D eigenvalue weighted by Gasteiger charge is -2.25. The number of nitro groups is 1. The zero-order valence-electron chi connectivity index (χ0n) is 15.5. The topological polar surface area (TPSA) is 94.3 Å². The third kappa shape index (κ3) is 2.61. The Morgan fingerprint density at radius 3 is 2.62 bits per heavy atom. The van der Waals surface area contributed by atoms with Crippen LogP contribution in [0.4, 0.5) is 11.4 Å². The number of anilines is 1. The lowest BCUT2D eigenvalue weighted by atomic mass is 10.1. The van der Waals surface area contributed by atoms with E-state index in [1.807, 2.05) is 43.0 Å². The van der Waals surface area contributed by atoms with Gasteiger partial charge in [-0.05, 0) is 38.1 Å². The summed E-state index contributed by atoms with van der Waals surface area (Å²) in [6.07, 6.45) is -0.763. The average Bonchev–Trinajstić information content (AvgIpc) is 3.15. The summed E-state index contributed by atoms with van der Waals surface area (Å²) in [5.74, 6) is 0.0460. The number of ether oxygens (including phenoxy) is 1. The maximum atomic E-state index is 12.7. The first-order valence-electron chi connectivity index (χ1n) is 8.89. The van der Waals surface area contributed by atoms with Crippen LogP contribution in [0.3, 0.4) is 0 Å². The average molecular weight is 409 g/mol.